The van der Waals surface area contributed by atoms with Gasteiger partial charge in [-0.05, 0) is 51.6 Å². The third-order valence-corrected chi connectivity index (χ3v) is 5.22. The average molecular weight is 368 g/mol. The third-order valence-electron chi connectivity index (χ3n) is 5.22. The van der Waals surface area contributed by atoms with Gasteiger partial charge in [0.05, 0.1) is 5.92 Å². The van der Waals surface area contributed by atoms with Gasteiger partial charge in [0.1, 0.15) is 0 Å². The molecule has 2 fully saturated rings. The zero-order valence-electron chi connectivity index (χ0n) is 14.7. The van der Waals surface area contributed by atoms with Crippen molar-refractivity contribution < 1.29 is 4.79 Å². The van der Waals surface area contributed by atoms with E-state index in [-0.39, 0.29) is 42.7 Å². The first kappa shape index (κ1) is 23.0. The molecule has 3 atom stereocenters. The molecule has 0 bridgehead atoms. The number of piperidine rings is 1. The van der Waals surface area contributed by atoms with E-state index in [1.807, 2.05) is 13.8 Å². The molecule has 0 aromatic rings. The van der Waals surface area contributed by atoms with Crippen LogP contribution in [0.3, 0.4) is 0 Å². The van der Waals surface area contributed by atoms with Crippen LogP contribution in [0.25, 0.3) is 0 Å². The fraction of sp³-hybridized carbons (Fsp3) is 0.941. The summed E-state index contributed by atoms with van der Waals surface area (Å²) < 4.78 is 0. The summed E-state index contributed by atoms with van der Waals surface area (Å²) in [6.45, 7) is 9.43. The van der Waals surface area contributed by atoms with Crippen molar-refractivity contribution >= 4 is 30.7 Å². The molecule has 6 heteroatoms. The molecular formula is C17H35Cl2N3O. The molecule has 0 aliphatic carbocycles. The lowest BCUT2D eigenvalue weighted by Crippen LogP contribution is -2.48. The number of hydrogen-bond acceptors (Lipinski definition) is 3. The Hall–Kier alpha value is -0.0300. The summed E-state index contributed by atoms with van der Waals surface area (Å²) in [5.74, 6) is 0.855. The number of halogens is 2. The van der Waals surface area contributed by atoms with Crippen LogP contribution < -0.4 is 5.73 Å². The van der Waals surface area contributed by atoms with Crippen molar-refractivity contribution in [2.24, 2.45) is 17.6 Å². The van der Waals surface area contributed by atoms with E-state index in [1.54, 1.807) is 0 Å². The summed E-state index contributed by atoms with van der Waals surface area (Å²) in [5, 5.41) is 0. The number of nitrogens with zero attached hydrogens (tertiary/aromatic N) is 2. The van der Waals surface area contributed by atoms with Gasteiger partial charge in [0.25, 0.3) is 0 Å². The van der Waals surface area contributed by atoms with Crippen LogP contribution in [0.5, 0.6) is 0 Å². The molecule has 2 rings (SSSR count). The van der Waals surface area contributed by atoms with Gasteiger partial charge >= 0.3 is 0 Å². The molecule has 0 aromatic heterocycles. The zero-order chi connectivity index (χ0) is 15.2. The molecule has 0 saturated carbocycles. The number of carbonyl (C=O) groups is 1. The largest absolute Gasteiger partial charge is 0.342 e. The molecule has 4 nitrogen and oxygen atoms in total. The SMILES string of the molecule is CC(N)C(C)C(=O)N1CCCC(CN2CCCCCC2)C1.Cl.Cl. The highest BCUT2D eigenvalue weighted by molar-refractivity contribution is 5.85. The summed E-state index contributed by atoms with van der Waals surface area (Å²) in [6, 6.07) is -0.0523. The van der Waals surface area contributed by atoms with Gasteiger partial charge in [0.15, 0.2) is 0 Å². The molecule has 2 N–H and O–H groups in total. The number of hydrogen-bond donors (Lipinski definition) is 1. The highest BCUT2D eigenvalue weighted by Crippen LogP contribution is 2.21. The average Bonchev–Trinajstić information content (AvgIpc) is 2.74. The molecule has 2 aliphatic rings. The quantitative estimate of drug-likeness (QED) is 0.830. The van der Waals surface area contributed by atoms with Gasteiger partial charge in [-0.15, -0.1) is 24.8 Å². The lowest BCUT2D eigenvalue weighted by molar-refractivity contribution is -0.137. The van der Waals surface area contributed by atoms with E-state index < -0.39 is 0 Å². The first-order chi connectivity index (χ1) is 10.1. The molecule has 0 radical (unpaired) electrons. The second kappa shape index (κ2) is 11.5. The molecular weight excluding hydrogens is 333 g/mol. The minimum Gasteiger partial charge on any atom is -0.342 e. The predicted octanol–water partition coefficient (Wildman–Crippen LogP) is 2.93. The molecule has 2 saturated heterocycles. The minimum absolute atomic E-state index is 0. The standard InChI is InChI=1S/C17H33N3O.2ClH/c1-14(15(2)18)17(21)20-11-7-8-16(13-20)12-19-9-5-3-4-6-10-19;;/h14-16H,3-13,18H2,1-2H3;2*1H. The van der Waals surface area contributed by atoms with E-state index in [0.29, 0.717) is 5.92 Å². The maximum absolute atomic E-state index is 12.5. The Morgan fingerprint density at radius 3 is 2.22 bits per heavy atom. The Bertz CT molecular complexity index is 334. The molecule has 2 aliphatic heterocycles. The van der Waals surface area contributed by atoms with E-state index in [2.05, 4.69) is 9.80 Å². The molecule has 138 valence electrons. The maximum Gasteiger partial charge on any atom is 0.226 e. The normalized spacial score (nSPS) is 25.5. The molecule has 2 heterocycles. The van der Waals surface area contributed by atoms with Crippen LogP contribution in [0.1, 0.15) is 52.4 Å². The van der Waals surface area contributed by atoms with Gasteiger partial charge in [-0.3, -0.25) is 4.79 Å². The number of rotatable bonds is 4. The fourth-order valence-electron chi connectivity index (χ4n) is 3.61. The van der Waals surface area contributed by atoms with Crippen LogP contribution >= 0.6 is 24.8 Å². The Morgan fingerprint density at radius 1 is 1.04 bits per heavy atom. The molecule has 0 spiro atoms. The van der Waals surface area contributed by atoms with Crippen molar-refractivity contribution in [3.8, 4) is 0 Å². The van der Waals surface area contributed by atoms with Gasteiger partial charge in [0, 0.05) is 25.7 Å². The summed E-state index contributed by atoms with van der Waals surface area (Å²) in [7, 11) is 0. The van der Waals surface area contributed by atoms with E-state index in [9.17, 15) is 4.79 Å². The smallest absolute Gasteiger partial charge is 0.226 e. The Morgan fingerprint density at radius 2 is 1.65 bits per heavy atom. The van der Waals surface area contributed by atoms with Gasteiger partial charge < -0.3 is 15.5 Å². The van der Waals surface area contributed by atoms with Crippen molar-refractivity contribution in [2.75, 3.05) is 32.7 Å². The van der Waals surface area contributed by atoms with Gasteiger partial charge in [-0.25, -0.2) is 0 Å². The topological polar surface area (TPSA) is 49.6 Å². The Balaban J connectivity index is 0.00000242. The van der Waals surface area contributed by atoms with Crippen LogP contribution in [0.4, 0.5) is 0 Å². The minimum atomic E-state index is -0.0538. The van der Waals surface area contributed by atoms with Crippen LogP contribution in [-0.2, 0) is 4.79 Å². The van der Waals surface area contributed by atoms with E-state index in [1.165, 1.54) is 51.7 Å². The number of nitrogens with two attached hydrogens (primary N) is 1. The van der Waals surface area contributed by atoms with Crippen LogP contribution in [0.15, 0.2) is 0 Å². The first-order valence-corrected chi connectivity index (χ1v) is 8.84. The highest BCUT2D eigenvalue weighted by Gasteiger charge is 2.29. The van der Waals surface area contributed by atoms with Crippen molar-refractivity contribution in [2.45, 2.75) is 58.4 Å². The Labute approximate surface area is 154 Å². The van der Waals surface area contributed by atoms with Gasteiger partial charge in [-0.1, -0.05) is 19.8 Å². The third kappa shape index (κ3) is 7.16. The summed E-state index contributed by atoms with van der Waals surface area (Å²) in [5.41, 5.74) is 5.89. The van der Waals surface area contributed by atoms with E-state index in [4.69, 9.17) is 5.73 Å². The van der Waals surface area contributed by atoms with E-state index in [0.717, 1.165) is 19.5 Å². The summed E-state index contributed by atoms with van der Waals surface area (Å²) in [4.78, 5) is 17.2. The zero-order valence-corrected chi connectivity index (χ0v) is 16.3. The van der Waals surface area contributed by atoms with Crippen molar-refractivity contribution in [3.63, 3.8) is 0 Å². The predicted molar refractivity (Wildman–Crippen MR) is 102 cm³/mol. The summed E-state index contributed by atoms with van der Waals surface area (Å²) >= 11 is 0. The molecule has 1 amide bonds. The monoisotopic (exact) mass is 367 g/mol. The second-order valence-corrected chi connectivity index (χ2v) is 7.16. The lowest BCUT2D eigenvalue weighted by atomic mass is 9.94. The molecule has 3 unspecified atom stereocenters. The Kier molecular flexibility index (Phi) is 11.5. The molecule has 23 heavy (non-hydrogen) atoms. The van der Waals surface area contributed by atoms with Crippen molar-refractivity contribution in [1.29, 1.82) is 0 Å². The first-order valence-electron chi connectivity index (χ1n) is 8.84. The number of amides is 1. The lowest BCUT2D eigenvalue weighted by Gasteiger charge is -2.37. The highest BCUT2D eigenvalue weighted by atomic mass is 35.5. The van der Waals surface area contributed by atoms with Crippen LogP contribution in [0.2, 0.25) is 0 Å². The van der Waals surface area contributed by atoms with Crippen LogP contribution in [0, 0.1) is 11.8 Å². The molecule has 0 aromatic carbocycles. The van der Waals surface area contributed by atoms with Gasteiger partial charge in [-0.2, -0.15) is 0 Å². The van der Waals surface area contributed by atoms with Crippen LogP contribution in [-0.4, -0.2) is 54.5 Å². The number of carbonyl (C=O) groups excluding carboxylic acids is 1. The van der Waals surface area contributed by atoms with Crippen molar-refractivity contribution in [3.05, 3.63) is 0 Å². The van der Waals surface area contributed by atoms with Crippen molar-refractivity contribution in [1.82, 2.24) is 9.80 Å². The number of likely N-dealkylation sites (tertiary alicyclic amines) is 2. The second-order valence-electron chi connectivity index (χ2n) is 7.16. The maximum atomic E-state index is 12.5. The van der Waals surface area contributed by atoms with E-state index >= 15 is 0 Å². The van der Waals surface area contributed by atoms with Gasteiger partial charge in [0.2, 0.25) is 5.91 Å². The fourth-order valence-corrected chi connectivity index (χ4v) is 3.61. The summed E-state index contributed by atoms with van der Waals surface area (Å²) in [6.07, 6.45) is 7.88.